The Bertz CT molecular complexity index is 1360. The second-order valence-corrected chi connectivity index (χ2v) is 7.99. The number of imidazole rings is 1. The van der Waals surface area contributed by atoms with Crippen LogP contribution in [0.3, 0.4) is 0 Å². The van der Waals surface area contributed by atoms with Gasteiger partial charge in [-0.2, -0.15) is 0 Å². The van der Waals surface area contributed by atoms with E-state index < -0.39 is 23.2 Å². The number of ether oxygens (including phenoxy) is 1. The van der Waals surface area contributed by atoms with Crippen molar-refractivity contribution in [3.63, 3.8) is 0 Å². The van der Waals surface area contributed by atoms with Crippen LogP contribution in [0.15, 0.2) is 66.0 Å². The van der Waals surface area contributed by atoms with Gasteiger partial charge in [0.25, 0.3) is 5.56 Å². The molecule has 0 spiro atoms. The number of hydrogen-bond acceptors (Lipinski definition) is 3. The third kappa shape index (κ3) is 4.29. The third-order valence-corrected chi connectivity index (χ3v) is 5.40. The molecule has 4 aromatic rings. The van der Waals surface area contributed by atoms with Crippen molar-refractivity contribution in [3.05, 3.63) is 105 Å². The lowest BCUT2D eigenvalue weighted by atomic mass is 10.1. The Balaban J connectivity index is 1.67. The molecule has 2 aromatic carbocycles. The summed E-state index contributed by atoms with van der Waals surface area (Å²) in [6, 6.07) is 9.34. The predicted octanol–water partition coefficient (Wildman–Crippen LogP) is 5.98. The molecule has 0 unspecified atom stereocenters. The van der Waals surface area contributed by atoms with Crippen molar-refractivity contribution in [1.29, 1.82) is 0 Å². The van der Waals surface area contributed by atoms with Crippen molar-refractivity contribution in [1.82, 2.24) is 14.1 Å². The maximum atomic E-state index is 14.3. The molecule has 2 aromatic heterocycles. The zero-order chi connectivity index (χ0) is 23.0. The van der Waals surface area contributed by atoms with Crippen molar-refractivity contribution < 1.29 is 13.5 Å². The van der Waals surface area contributed by atoms with Crippen LogP contribution in [-0.4, -0.2) is 14.1 Å². The number of halogens is 3. The van der Waals surface area contributed by atoms with Gasteiger partial charge in [-0.05, 0) is 50.6 Å². The summed E-state index contributed by atoms with van der Waals surface area (Å²) >= 11 is 6.22. The minimum absolute atomic E-state index is 0.00232. The summed E-state index contributed by atoms with van der Waals surface area (Å²) in [5.74, 6) is -0.981. The molecule has 164 valence electrons. The predicted molar refractivity (Wildman–Crippen MR) is 119 cm³/mol. The number of aryl methyl sites for hydroxylation is 2. The van der Waals surface area contributed by atoms with Gasteiger partial charge in [0.15, 0.2) is 5.75 Å². The second kappa shape index (κ2) is 8.59. The Labute approximate surface area is 188 Å². The molecule has 0 bridgehead atoms. The van der Waals surface area contributed by atoms with E-state index in [9.17, 15) is 13.6 Å². The molecular formula is C24H20ClF2N3O2. The van der Waals surface area contributed by atoms with E-state index in [-0.39, 0.29) is 16.3 Å². The summed E-state index contributed by atoms with van der Waals surface area (Å²) in [6.07, 6.45) is 5.04. The van der Waals surface area contributed by atoms with Gasteiger partial charge in [-0.1, -0.05) is 17.7 Å². The highest BCUT2D eigenvalue weighted by molar-refractivity contribution is 6.30. The van der Waals surface area contributed by atoms with Gasteiger partial charge in [0.2, 0.25) is 0 Å². The van der Waals surface area contributed by atoms with E-state index in [0.717, 1.165) is 29.1 Å². The summed E-state index contributed by atoms with van der Waals surface area (Å²) < 4.78 is 36.6. The smallest absolute Gasteiger partial charge is 0.294 e. The van der Waals surface area contributed by atoms with Crippen LogP contribution in [0.5, 0.6) is 11.5 Å². The summed E-state index contributed by atoms with van der Waals surface area (Å²) in [6.45, 7) is 5.46. The lowest BCUT2D eigenvalue weighted by molar-refractivity contribution is 0.457. The van der Waals surface area contributed by atoms with E-state index in [4.69, 9.17) is 16.3 Å². The van der Waals surface area contributed by atoms with Crippen molar-refractivity contribution in [3.8, 4) is 17.2 Å². The van der Waals surface area contributed by atoms with Gasteiger partial charge in [-0.3, -0.25) is 4.79 Å². The molecule has 1 atom stereocenters. The van der Waals surface area contributed by atoms with E-state index in [1.807, 2.05) is 30.7 Å². The van der Waals surface area contributed by atoms with Gasteiger partial charge in [0.05, 0.1) is 23.1 Å². The van der Waals surface area contributed by atoms with Crippen LogP contribution in [0.4, 0.5) is 8.78 Å². The Morgan fingerprint density at radius 1 is 1.06 bits per heavy atom. The van der Waals surface area contributed by atoms with E-state index in [0.29, 0.717) is 5.75 Å². The van der Waals surface area contributed by atoms with Crippen LogP contribution in [0.25, 0.3) is 5.69 Å². The Hall–Kier alpha value is -3.45. The van der Waals surface area contributed by atoms with E-state index in [2.05, 4.69) is 4.98 Å². The zero-order valence-corrected chi connectivity index (χ0v) is 18.4. The van der Waals surface area contributed by atoms with Crippen LogP contribution in [0.2, 0.25) is 5.02 Å². The number of aromatic nitrogens is 3. The molecule has 0 saturated carbocycles. The van der Waals surface area contributed by atoms with Crippen molar-refractivity contribution in [2.24, 2.45) is 0 Å². The maximum absolute atomic E-state index is 14.3. The Kier molecular flexibility index (Phi) is 5.84. The van der Waals surface area contributed by atoms with Crippen LogP contribution in [-0.2, 0) is 0 Å². The first-order valence-electron chi connectivity index (χ1n) is 9.89. The number of nitrogens with zero attached hydrogens (tertiary/aromatic N) is 3. The van der Waals surface area contributed by atoms with Gasteiger partial charge in [-0.15, -0.1) is 0 Å². The Morgan fingerprint density at radius 2 is 1.84 bits per heavy atom. The molecule has 4 rings (SSSR count). The lowest BCUT2D eigenvalue weighted by Crippen LogP contribution is -2.25. The molecule has 32 heavy (non-hydrogen) atoms. The third-order valence-electron chi connectivity index (χ3n) is 5.19. The fourth-order valence-electron chi connectivity index (χ4n) is 3.56. The molecule has 8 heteroatoms. The van der Waals surface area contributed by atoms with Gasteiger partial charge < -0.3 is 13.9 Å². The highest BCUT2D eigenvalue weighted by atomic mass is 35.5. The minimum atomic E-state index is -0.743. The number of pyridine rings is 1. The molecular weight excluding hydrogens is 436 g/mol. The van der Waals surface area contributed by atoms with E-state index in [1.54, 1.807) is 25.4 Å². The van der Waals surface area contributed by atoms with Crippen molar-refractivity contribution >= 4 is 11.6 Å². The average Bonchev–Trinajstić information content (AvgIpc) is 3.16. The average molecular weight is 456 g/mol. The summed E-state index contributed by atoms with van der Waals surface area (Å²) in [5.41, 5.74) is 2.43. The fraction of sp³-hybridized carbons (Fsp3) is 0.167. The van der Waals surface area contributed by atoms with Gasteiger partial charge in [0, 0.05) is 35.8 Å². The topological polar surface area (TPSA) is 49.0 Å². The summed E-state index contributed by atoms with van der Waals surface area (Å²) in [7, 11) is 0. The monoisotopic (exact) mass is 455 g/mol. The molecule has 0 aliphatic carbocycles. The fourth-order valence-corrected chi connectivity index (χ4v) is 3.76. The number of benzene rings is 2. The van der Waals surface area contributed by atoms with Crippen LogP contribution in [0, 0.1) is 25.5 Å². The van der Waals surface area contributed by atoms with E-state index in [1.165, 1.54) is 22.9 Å². The van der Waals surface area contributed by atoms with Gasteiger partial charge >= 0.3 is 0 Å². The largest absolute Gasteiger partial charge is 0.451 e. The lowest BCUT2D eigenvalue weighted by Gasteiger charge is -2.18. The highest BCUT2D eigenvalue weighted by Gasteiger charge is 2.18. The van der Waals surface area contributed by atoms with Crippen LogP contribution in [0.1, 0.15) is 29.8 Å². The molecule has 0 fully saturated rings. The SMILES string of the molecule is Cc1cn(-c2ccc(Oc3cc(Cl)cn([C@@H](C)c4ccc(F)cc4F)c3=O)cc2C)cn1. The molecule has 0 aliphatic heterocycles. The quantitative estimate of drug-likeness (QED) is 0.371. The van der Waals surface area contributed by atoms with Crippen molar-refractivity contribution in [2.45, 2.75) is 26.8 Å². The number of hydrogen-bond donors (Lipinski definition) is 0. The first kappa shape index (κ1) is 21.8. The first-order valence-corrected chi connectivity index (χ1v) is 10.3. The Morgan fingerprint density at radius 3 is 2.50 bits per heavy atom. The molecule has 0 N–H and O–H groups in total. The van der Waals surface area contributed by atoms with Crippen molar-refractivity contribution in [2.75, 3.05) is 0 Å². The second-order valence-electron chi connectivity index (χ2n) is 7.55. The van der Waals surface area contributed by atoms with Gasteiger partial charge in [0.1, 0.15) is 17.4 Å². The number of rotatable bonds is 5. The molecule has 0 aliphatic rings. The molecule has 5 nitrogen and oxygen atoms in total. The molecule has 0 amide bonds. The maximum Gasteiger partial charge on any atom is 0.294 e. The van der Waals surface area contributed by atoms with Crippen LogP contribution < -0.4 is 10.3 Å². The molecule has 0 radical (unpaired) electrons. The first-order chi connectivity index (χ1) is 15.2. The van der Waals surface area contributed by atoms with Gasteiger partial charge in [-0.25, -0.2) is 13.8 Å². The minimum Gasteiger partial charge on any atom is -0.451 e. The summed E-state index contributed by atoms with van der Waals surface area (Å²) in [5, 5.41) is 0.246. The molecule has 0 saturated heterocycles. The zero-order valence-electron chi connectivity index (χ0n) is 17.6. The van der Waals surface area contributed by atoms with E-state index >= 15 is 0 Å². The summed E-state index contributed by atoms with van der Waals surface area (Å²) in [4.78, 5) is 17.3. The highest BCUT2D eigenvalue weighted by Crippen LogP contribution is 2.27. The standard InChI is InChI=1S/C24H20ClF2N3O2/c1-14-8-19(5-7-22(14)29-11-15(2)28-13-29)32-23-9-17(25)12-30(24(23)31)16(3)20-6-4-18(26)10-21(20)27/h4-13,16H,1-3H3/t16-/m0/s1. The normalized spacial score (nSPS) is 12.1. The van der Waals surface area contributed by atoms with Crippen LogP contribution >= 0.6 is 11.6 Å². The molecule has 2 heterocycles.